The first-order valence-electron chi connectivity index (χ1n) is 11.0. The van der Waals surface area contributed by atoms with Crippen molar-refractivity contribution in [3.63, 3.8) is 0 Å². The molecule has 2 unspecified atom stereocenters. The second-order valence-electron chi connectivity index (χ2n) is 8.16. The van der Waals surface area contributed by atoms with Gasteiger partial charge >= 0.3 is 0 Å². The summed E-state index contributed by atoms with van der Waals surface area (Å²) in [6.07, 6.45) is 4.98. The predicted octanol–water partition coefficient (Wildman–Crippen LogP) is 5.92. The maximum Gasteiger partial charge on any atom is 0.174 e. The normalized spacial score (nSPS) is 18.1. The summed E-state index contributed by atoms with van der Waals surface area (Å²) < 4.78 is 2.25. The number of aromatic nitrogens is 2. The van der Waals surface area contributed by atoms with Crippen LogP contribution in [0.2, 0.25) is 0 Å². The average molecular weight is 439 g/mol. The van der Waals surface area contributed by atoms with Crippen LogP contribution in [0.15, 0.2) is 91.3 Å². The highest BCUT2D eigenvalue weighted by atomic mass is 32.1. The molecule has 0 saturated carbocycles. The number of hydrogen-bond acceptors (Lipinski definition) is 2. The molecule has 5 heteroatoms. The van der Waals surface area contributed by atoms with Crippen LogP contribution in [0.5, 0.6) is 0 Å². The smallest absolute Gasteiger partial charge is 0.174 e. The SMILES string of the molecule is CCc1ccc(N2C(=S)NC(c3ccccn3)C2c2cccn2-c2ccc(C)cc2)cc1. The van der Waals surface area contributed by atoms with Crippen molar-refractivity contribution in [2.45, 2.75) is 32.4 Å². The van der Waals surface area contributed by atoms with E-state index >= 15 is 0 Å². The van der Waals surface area contributed by atoms with Crippen LogP contribution in [0.1, 0.15) is 41.5 Å². The number of nitrogens with one attached hydrogen (secondary N) is 1. The van der Waals surface area contributed by atoms with Crippen molar-refractivity contribution in [3.8, 4) is 5.69 Å². The van der Waals surface area contributed by atoms with Gasteiger partial charge in [-0.2, -0.15) is 0 Å². The molecule has 2 atom stereocenters. The standard InChI is InChI=1S/C27H26N4S/c1-3-20-11-15-22(16-12-20)31-26(25(29-27(31)32)23-7-4-5-17-28-23)24-8-6-18-30(24)21-13-9-19(2)10-14-21/h4-18,25-26H,3H2,1-2H3,(H,29,32). The van der Waals surface area contributed by atoms with Crippen LogP contribution in [0.25, 0.3) is 5.69 Å². The van der Waals surface area contributed by atoms with Crippen molar-refractivity contribution in [2.24, 2.45) is 0 Å². The molecule has 2 aromatic carbocycles. The minimum absolute atomic E-state index is 0.0406. The Morgan fingerprint density at radius 3 is 2.34 bits per heavy atom. The lowest BCUT2D eigenvalue weighted by atomic mass is 10.0. The largest absolute Gasteiger partial charge is 0.351 e. The minimum Gasteiger partial charge on any atom is -0.351 e. The molecule has 1 N–H and O–H groups in total. The van der Waals surface area contributed by atoms with E-state index in [1.165, 1.54) is 11.1 Å². The van der Waals surface area contributed by atoms with Gasteiger partial charge in [0.1, 0.15) is 6.04 Å². The number of benzene rings is 2. The van der Waals surface area contributed by atoms with E-state index in [0.717, 1.165) is 29.2 Å². The van der Waals surface area contributed by atoms with Crippen LogP contribution in [0, 0.1) is 6.92 Å². The molecule has 0 amide bonds. The highest BCUT2D eigenvalue weighted by molar-refractivity contribution is 7.80. The Morgan fingerprint density at radius 1 is 0.906 bits per heavy atom. The van der Waals surface area contributed by atoms with Gasteiger partial charge in [-0.25, -0.2) is 0 Å². The molecular formula is C27H26N4S. The first-order chi connectivity index (χ1) is 15.7. The van der Waals surface area contributed by atoms with Gasteiger partial charge in [0.15, 0.2) is 5.11 Å². The van der Waals surface area contributed by atoms with Crippen LogP contribution in [-0.4, -0.2) is 14.7 Å². The number of nitrogens with zero attached hydrogens (tertiary/aromatic N) is 3. The number of aryl methyl sites for hydroxylation is 2. The van der Waals surface area contributed by atoms with Crippen molar-refractivity contribution in [2.75, 3.05) is 4.90 Å². The maximum atomic E-state index is 5.87. The molecule has 0 aliphatic carbocycles. The molecule has 1 fully saturated rings. The number of thiocarbonyl (C=S) groups is 1. The third-order valence-corrected chi connectivity index (χ3v) is 6.43. The Balaban J connectivity index is 1.64. The third-order valence-electron chi connectivity index (χ3n) is 6.12. The fraction of sp³-hybridized carbons (Fsp3) is 0.185. The Bertz CT molecular complexity index is 1210. The summed E-state index contributed by atoms with van der Waals surface area (Å²) >= 11 is 5.87. The summed E-state index contributed by atoms with van der Waals surface area (Å²) in [5, 5.41) is 4.27. The first kappa shape index (κ1) is 20.5. The van der Waals surface area contributed by atoms with Crippen molar-refractivity contribution in [1.82, 2.24) is 14.9 Å². The Hall–Kier alpha value is -3.44. The maximum absolute atomic E-state index is 5.87. The molecular weight excluding hydrogens is 412 g/mol. The molecule has 1 aliphatic heterocycles. The van der Waals surface area contributed by atoms with E-state index in [9.17, 15) is 0 Å². The van der Waals surface area contributed by atoms with Gasteiger partial charge in [-0.05, 0) is 79.7 Å². The van der Waals surface area contributed by atoms with Gasteiger partial charge in [0.2, 0.25) is 0 Å². The van der Waals surface area contributed by atoms with Crippen molar-refractivity contribution in [1.29, 1.82) is 0 Å². The average Bonchev–Trinajstić information content (AvgIpc) is 3.44. The molecule has 32 heavy (non-hydrogen) atoms. The van der Waals surface area contributed by atoms with E-state index < -0.39 is 0 Å². The molecule has 5 rings (SSSR count). The Morgan fingerprint density at radius 2 is 1.66 bits per heavy atom. The number of pyridine rings is 1. The third kappa shape index (κ3) is 3.69. The minimum atomic E-state index is -0.0614. The lowest BCUT2D eigenvalue weighted by Gasteiger charge is -2.29. The van der Waals surface area contributed by atoms with Crippen LogP contribution >= 0.6 is 12.2 Å². The van der Waals surface area contributed by atoms with E-state index in [1.807, 2.05) is 18.3 Å². The molecule has 0 radical (unpaired) electrons. The van der Waals surface area contributed by atoms with Crippen LogP contribution in [0.4, 0.5) is 5.69 Å². The molecule has 4 aromatic rings. The Labute approximate surface area is 194 Å². The summed E-state index contributed by atoms with van der Waals surface area (Å²) in [6.45, 7) is 4.28. The van der Waals surface area contributed by atoms with Crippen LogP contribution < -0.4 is 10.2 Å². The topological polar surface area (TPSA) is 33.1 Å². The quantitative estimate of drug-likeness (QED) is 0.392. The van der Waals surface area contributed by atoms with E-state index in [2.05, 4.69) is 107 Å². The lowest BCUT2D eigenvalue weighted by Crippen LogP contribution is -2.30. The van der Waals surface area contributed by atoms with Gasteiger partial charge in [0.05, 0.1) is 11.7 Å². The van der Waals surface area contributed by atoms with Crippen molar-refractivity contribution >= 4 is 23.0 Å². The molecule has 0 spiro atoms. The first-order valence-corrected chi connectivity index (χ1v) is 11.4. The molecule has 160 valence electrons. The number of anilines is 1. The summed E-state index contributed by atoms with van der Waals surface area (Å²) in [4.78, 5) is 6.90. The molecule has 1 saturated heterocycles. The summed E-state index contributed by atoms with van der Waals surface area (Å²) in [5.74, 6) is 0. The van der Waals surface area contributed by atoms with E-state index in [0.29, 0.717) is 5.11 Å². The van der Waals surface area contributed by atoms with Crippen LogP contribution in [-0.2, 0) is 6.42 Å². The molecule has 3 heterocycles. The van der Waals surface area contributed by atoms with Gasteiger partial charge in [0, 0.05) is 29.5 Å². The molecule has 0 bridgehead atoms. The molecule has 2 aromatic heterocycles. The molecule has 4 nitrogen and oxygen atoms in total. The second-order valence-corrected chi connectivity index (χ2v) is 8.54. The van der Waals surface area contributed by atoms with Gasteiger partial charge in [-0.3, -0.25) is 4.98 Å². The summed E-state index contributed by atoms with van der Waals surface area (Å²) in [6, 6.07) is 27.5. The lowest BCUT2D eigenvalue weighted by molar-refractivity contribution is 0.549. The highest BCUT2D eigenvalue weighted by Crippen LogP contribution is 2.42. The Kier molecular flexibility index (Phi) is 5.50. The fourth-order valence-electron chi connectivity index (χ4n) is 4.40. The monoisotopic (exact) mass is 438 g/mol. The van der Waals surface area contributed by atoms with E-state index in [4.69, 9.17) is 12.2 Å². The van der Waals surface area contributed by atoms with Gasteiger partial charge in [0.25, 0.3) is 0 Å². The predicted molar refractivity (Wildman–Crippen MR) is 134 cm³/mol. The zero-order valence-corrected chi connectivity index (χ0v) is 19.1. The van der Waals surface area contributed by atoms with Gasteiger partial charge in [-0.15, -0.1) is 0 Å². The van der Waals surface area contributed by atoms with Crippen molar-refractivity contribution in [3.05, 3.63) is 114 Å². The number of rotatable bonds is 5. The van der Waals surface area contributed by atoms with E-state index in [-0.39, 0.29) is 12.1 Å². The number of hydrogen-bond donors (Lipinski definition) is 1. The van der Waals surface area contributed by atoms with E-state index in [1.54, 1.807) is 0 Å². The summed E-state index contributed by atoms with van der Waals surface area (Å²) in [5.41, 5.74) is 6.91. The highest BCUT2D eigenvalue weighted by Gasteiger charge is 2.42. The summed E-state index contributed by atoms with van der Waals surface area (Å²) in [7, 11) is 0. The van der Waals surface area contributed by atoms with Crippen LogP contribution in [0.3, 0.4) is 0 Å². The second kappa shape index (κ2) is 8.60. The zero-order chi connectivity index (χ0) is 22.1. The van der Waals surface area contributed by atoms with Gasteiger partial charge in [-0.1, -0.05) is 42.8 Å². The molecule has 1 aliphatic rings. The van der Waals surface area contributed by atoms with Gasteiger partial charge < -0.3 is 14.8 Å². The van der Waals surface area contributed by atoms with Crippen molar-refractivity contribution < 1.29 is 0 Å². The fourth-order valence-corrected chi connectivity index (χ4v) is 4.75. The zero-order valence-electron chi connectivity index (χ0n) is 18.3.